The third-order valence-corrected chi connectivity index (χ3v) is 5.21. The Balaban J connectivity index is 1.39. The molecule has 0 unspecified atom stereocenters. The first kappa shape index (κ1) is 20.0. The van der Waals surface area contributed by atoms with Gasteiger partial charge in [0.05, 0.1) is 12.1 Å². The van der Waals surface area contributed by atoms with Crippen molar-refractivity contribution in [2.24, 2.45) is 0 Å². The molecular weight excluding hydrogens is 383 g/mol. The van der Waals surface area contributed by atoms with Gasteiger partial charge in [0, 0.05) is 37.3 Å². The van der Waals surface area contributed by atoms with Gasteiger partial charge in [-0.2, -0.15) is 0 Å². The van der Waals surface area contributed by atoms with E-state index in [0.29, 0.717) is 13.2 Å². The average Bonchev–Trinajstić information content (AvgIpc) is 2.76. The number of aromatic nitrogens is 1. The van der Waals surface area contributed by atoms with Crippen molar-refractivity contribution in [2.45, 2.75) is 26.0 Å². The second kappa shape index (κ2) is 9.05. The molecule has 2 aromatic carbocycles. The second-order valence-electron chi connectivity index (χ2n) is 7.42. The number of rotatable bonds is 7. The summed E-state index contributed by atoms with van der Waals surface area (Å²) in [6.45, 7) is 2.44. The summed E-state index contributed by atoms with van der Waals surface area (Å²) in [5.74, 6) is -0.317. The lowest BCUT2D eigenvalue weighted by atomic mass is 10.0. The van der Waals surface area contributed by atoms with E-state index in [-0.39, 0.29) is 12.2 Å². The van der Waals surface area contributed by atoms with Gasteiger partial charge in [-0.3, -0.25) is 14.7 Å². The number of nitrogens with zero attached hydrogens (tertiary/aromatic N) is 2. The van der Waals surface area contributed by atoms with E-state index in [9.17, 15) is 9.18 Å². The Hall–Kier alpha value is -3.25. The van der Waals surface area contributed by atoms with Crippen molar-refractivity contribution >= 4 is 5.97 Å². The first-order valence-corrected chi connectivity index (χ1v) is 9.97. The second-order valence-corrected chi connectivity index (χ2v) is 7.42. The molecule has 0 amide bonds. The zero-order valence-corrected chi connectivity index (χ0v) is 16.6. The Kier molecular flexibility index (Phi) is 6.05. The molecule has 1 N–H and O–H groups in total. The minimum Gasteiger partial charge on any atom is -0.489 e. The fraction of sp³-hybridized carbons (Fsp3) is 0.250. The van der Waals surface area contributed by atoms with Gasteiger partial charge in [-0.05, 0) is 53.6 Å². The van der Waals surface area contributed by atoms with Crippen LogP contribution in [0.3, 0.4) is 0 Å². The number of benzene rings is 2. The molecule has 2 heterocycles. The van der Waals surface area contributed by atoms with Crippen LogP contribution in [0.25, 0.3) is 11.3 Å². The summed E-state index contributed by atoms with van der Waals surface area (Å²) >= 11 is 0. The van der Waals surface area contributed by atoms with Crippen molar-refractivity contribution in [3.63, 3.8) is 0 Å². The van der Waals surface area contributed by atoms with Gasteiger partial charge in [0.1, 0.15) is 18.2 Å². The van der Waals surface area contributed by atoms with Crippen LogP contribution in [0.2, 0.25) is 0 Å². The molecule has 1 aliphatic rings. The number of pyridine rings is 1. The Morgan fingerprint density at radius 3 is 2.73 bits per heavy atom. The third-order valence-electron chi connectivity index (χ3n) is 5.21. The molecule has 4 rings (SSSR count). The summed E-state index contributed by atoms with van der Waals surface area (Å²) in [4.78, 5) is 17.8. The van der Waals surface area contributed by atoms with Crippen LogP contribution in [0.5, 0.6) is 5.75 Å². The summed E-state index contributed by atoms with van der Waals surface area (Å²) in [7, 11) is 0. The van der Waals surface area contributed by atoms with Crippen LogP contribution in [-0.4, -0.2) is 34.0 Å². The van der Waals surface area contributed by atoms with Crippen LogP contribution in [0, 0.1) is 5.82 Å². The number of hydrogen-bond donors (Lipinski definition) is 1. The smallest absolute Gasteiger partial charge is 0.304 e. The number of halogens is 1. The highest BCUT2D eigenvalue weighted by Crippen LogP contribution is 2.25. The molecule has 30 heavy (non-hydrogen) atoms. The number of ether oxygens (including phenoxy) is 1. The first-order valence-electron chi connectivity index (χ1n) is 9.97. The van der Waals surface area contributed by atoms with Gasteiger partial charge in [0.25, 0.3) is 0 Å². The molecule has 0 bridgehead atoms. The number of hydrogen-bond acceptors (Lipinski definition) is 4. The molecule has 1 aliphatic heterocycles. The fourth-order valence-corrected chi connectivity index (χ4v) is 3.60. The van der Waals surface area contributed by atoms with E-state index in [1.54, 1.807) is 6.07 Å². The fourth-order valence-electron chi connectivity index (χ4n) is 3.60. The summed E-state index contributed by atoms with van der Waals surface area (Å²) in [6, 6.07) is 18.2. The topological polar surface area (TPSA) is 62.7 Å². The van der Waals surface area contributed by atoms with Crippen LogP contribution in [0.1, 0.15) is 23.2 Å². The highest BCUT2D eigenvalue weighted by Gasteiger charge is 2.18. The predicted molar refractivity (Wildman–Crippen MR) is 112 cm³/mol. The summed E-state index contributed by atoms with van der Waals surface area (Å²) in [5.41, 5.74) is 4.93. The predicted octanol–water partition coefficient (Wildman–Crippen LogP) is 4.30. The minimum atomic E-state index is -0.766. The largest absolute Gasteiger partial charge is 0.489 e. The van der Waals surface area contributed by atoms with Gasteiger partial charge in [-0.1, -0.05) is 18.2 Å². The Morgan fingerprint density at radius 1 is 1.13 bits per heavy atom. The zero-order chi connectivity index (χ0) is 20.9. The number of carboxylic acid groups (broad SMARTS) is 1. The molecule has 1 aromatic heterocycles. The van der Waals surface area contributed by atoms with Gasteiger partial charge >= 0.3 is 5.97 Å². The maximum Gasteiger partial charge on any atom is 0.304 e. The van der Waals surface area contributed by atoms with Gasteiger partial charge in [0.15, 0.2) is 0 Å². The quantitative estimate of drug-likeness (QED) is 0.634. The molecule has 0 radical (unpaired) electrons. The van der Waals surface area contributed by atoms with E-state index in [4.69, 9.17) is 14.8 Å². The lowest BCUT2D eigenvalue weighted by Crippen LogP contribution is -2.32. The minimum absolute atomic E-state index is 0.161. The lowest BCUT2D eigenvalue weighted by Gasteiger charge is -2.27. The van der Waals surface area contributed by atoms with Gasteiger partial charge in [-0.25, -0.2) is 4.39 Å². The normalized spacial score (nSPS) is 13.6. The van der Waals surface area contributed by atoms with Crippen molar-refractivity contribution in [3.8, 4) is 17.0 Å². The monoisotopic (exact) mass is 406 g/mol. The van der Waals surface area contributed by atoms with E-state index >= 15 is 0 Å². The number of fused-ring (bicyclic) bond motifs is 1. The summed E-state index contributed by atoms with van der Waals surface area (Å²) < 4.78 is 19.0. The molecule has 0 saturated heterocycles. The maximum atomic E-state index is 13.3. The van der Waals surface area contributed by atoms with Crippen LogP contribution < -0.4 is 4.74 Å². The van der Waals surface area contributed by atoms with E-state index in [0.717, 1.165) is 53.3 Å². The third kappa shape index (κ3) is 5.02. The summed E-state index contributed by atoms with van der Waals surface area (Å²) in [5, 5.41) is 8.86. The molecule has 0 atom stereocenters. The van der Waals surface area contributed by atoms with Crippen LogP contribution in [0.4, 0.5) is 4.39 Å². The number of aliphatic carboxylic acids is 1. The molecular formula is C24H23FN2O3. The first-order chi connectivity index (χ1) is 14.6. The molecule has 6 heteroatoms. The van der Waals surface area contributed by atoms with Crippen LogP contribution in [0.15, 0.2) is 60.7 Å². The van der Waals surface area contributed by atoms with Crippen molar-refractivity contribution in [3.05, 3.63) is 83.3 Å². The molecule has 0 saturated carbocycles. The average molecular weight is 406 g/mol. The Morgan fingerprint density at radius 2 is 1.97 bits per heavy atom. The standard InChI is InChI=1S/C24H23FN2O3/c25-20-3-1-2-17(14-20)16-30-21-7-4-18(5-8-21)22-9-6-19-15-27(13-11-24(28)29)12-10-23(19)26-22/h1-9,14H,10-13,15-16H2,(H,28,29). The van der Waals surface area contributed by atoms with Gasteiger partial charge in [-0.15, -0.1) is 0 Å². The summed E-state index contributed by atoms with van der Waals surface area (Å²) in [6.07, 6.45) is 0.978. The number of carboxylic acids is 1. The van der Waals surface area contributed by atoms with E-state index < -0.39 is 5.97 Å². The number of carbonyl (C=O) groups is 1. The highest BCUT2D eigenvalue weighted by atomic mass is 19.1. The highest BCUT2D eigenvalue weighted by molar-refractivity contribution is 5.66. The van der Waals surface area contributed by atoms with Crippen molar-refractivity contribution in [1.82, 2.24) is 9.88 Å². The van der Waals surface area contributed by atoms with E-state index in [1.807, 2.05) is 36.4 Å². The molecule has 3 aromatic rings. The van der Waals surface area contributed by atoms with Gasteiger partial charge < -0.3 is 9.84 Å². The van der Waals surface area contributed by atoms with Crippen molar-refractivity contribution in [1.29, 1.82) is 0 Å². The van der Waals surface area contributed by atoms with E-state index in [2.05, 4.69) is 11.0 Å². The Labute approximate surface area is 174 Å². The Bertz CT molecular complexity index is 1040. The molecule has 154 valence electrons. The molecule has 0 fully saturated rings. The zero-order valence-electron chi connectivity index (χ0n) is 16.6. The van der Waals surface area contributed by atoms with E-state index in [1.165, 1.54) is 12.1 Å². The lowest BCUT2D eigenvalue weighted by molar-refractivity contribution is -0.137. The molecule has 5 nitrogen and oxygen atoms in total. The van der Waals surface area contributed by atoms with Crippen LogP contribution >= 0.6 is 0 Å². The van der Waals surface area contributed by atoms with Gasteiger partial charge in [0.2, 0.25) is 0 Å². The molecule has 0 spiro atoms. The SMILES string of the molecule is O=C(O)CCN1CCc2nc(-c3ccc(OCc4cccc(F)c4)cc3)ccc2C1. The maximum absolute atomic E-state index is 13.3. The van der Waals surface area contributed by atoms with Crippen molar-refractivity contribution in [2.75, 3.05) is 13.1 Å². The van der Waals surface area contributed by atoms with Crippen molar-refractivity contribution < 1.29 is 19.0 Å². The van der Waals surface area contributed by atoms with Crippen LogP contribution in [-0.2, 0) is 24.4 Å². The molecule has 0 aliphatic carbocycles.